The number of anilines is 1. The third-order valence-electron chi connectivity index (χ3n) is 3.61. The highest BCUT2D eigenvalue weighted by molar-refractivity contribution is 6.06. The van der Waals surface area contributed by atoms with Gasteiger partial charge in [0.25, 0.3) is 11.5 Å². The van der Waals surface area contributed by atoms with Gasteiger partial charge in [-0.1, -0.05) is 18.2 Å². The second-order valence-corrected chi connectivity index (χ2v) is 5.04. The van der Waals surface area contributed by atoms with E-state index in [9.17, 15) is 9.59 Å². The van der Waals surface area contributed by atoms with Crippen molar-refractivity contribution in [2.45, 2.75) is 19.4 Å². The second-order valence-electron chi connectivity index (χ2n) is 5.04. The number of carbonyl (C=O) groups is 1. The molecule has 1 aromatic heterocycles. The highest BCUT2D eigenvalue weighted by Crippen LogP contribution is 2.32. The van der Waals surface area contributed by atoms with E-state index < -0.39 is 0 Å². The van der Waals surface area contributed by atoms with Crippen LogP contribution in [0.5, 0.6) is 0 Å². The van der Waals surface area contributed by atoms with E-state index in [4.69, 9.17) is 0 Å². The molecule has 1 amide bonds. The first-order valence-corrected chi connectivity index (χ1v) is 6.54. The standard InChI is InChI=1S/C15H15N3O2/c1-10-9-11-5-3-4-6-13(11)18(10)15(20)12-7-8-14(19)17(2)16-12/h3-8,10H,9H2,1-2H3/t10-/m1/s1. The molecule has 5 heteroatoms. The van der Waals surface area contributed by atoms with Crippen LogP contribution < -0.4 is 10.5 Å². The first kappa shape index (κ1) is 12.6. The van der Waals surface area contributed by atoms with Crippen molar-refractivity contribution in [2.24, 2.45) is 7.05 Å². The minimum atomic E-state index is -0.226. The molecule has 0 radical (unpaired) electrons. The molecule has 0 fully saturated rings. The van der Waals surface area contributed by atoms with Crippen LogP contribution in [0.1, 0.15) is 23.0 Å². The minimum Gasteiger partial charge on any atom is -0.304 e. The van der Waals surface area contributed by atoms with E-state index in [1.165, 1.54) is 16.8 Å². The molecular weight excluding hydrogens is 254 g/mol. The normalized spacial score (nSPS) is 17.1. The lowest BCUT2D eigenvalue weighted by molar-refractivity contribution is 0.0974. The van der Waals surface area contributed by atoms with Crippen molar-refractivity contribution in [2.75, 3.05) is 4.90 Å². The van der Waals surface area contributed by atoms with Crippen molar-refractivity contribution in [1.29, 1.82) is 0 Å². The first-order chi connectivity index (χ1) is 9.58. The molecule has 1 atom stereocenters. The fourth-order valence-electron chi connectivity index (χ4n) is 2.61. The largest absolute Gasteiger partial charge is 0.304 e. The number of aryl methyl sites for hydroxylation is 1. The third kappa shape index (κ3) is 1.91. The molecule has 20 heavy (non-hydrogen) atoms. The fourth-order valence-corrected chi connectivity index (χ4v) is 2.61. The van der Waals surface area contributed by atoms with Gasteiger partial charge in [-0.05, 0) is 31.0 Å². The topological polar surface area (TPSA) is 55.2 Å². The van der Waals surface area contributed by atoms with E-state index in [1.54, 1.807) is 11.9 Å². The lowest BCUT2D eigenvalue weighted by Crippen LogP contribution is -2.37. The molecule has 1 aromatic carbocycles. The Bertz CT molecular complexity index is 736. The van der Waals surface area contributed by atoms with Gasteiger partial charge < -0.3 is 4.90 Å². The maximum Gasteiger partial charge on any atom is 0.278 e. The molecule has 0 spiro atoms. The zero-order valence-corrected chi connectivity index (χ0v) is 11.4. The van der Waals surface area contributed by atoms with Crippen LogP contribution in [0, 0.1) is 0 Å². The molecule has 102 valence electrons. The van der Waals surface area contributed by atoms with Crippen molar-refractivity contribution in [3.05, 3.63) is 58.0 Å². The van der Waals surface area contributed by atoms with E-state index in [1.807, 2.05) is 31.2 Å². The molecule has 2 aromatic rings. The van der Waals surface area contributed by atoms with Crippen LogP contribution in [0.15, 0.2) is 41.2 Å². The Labute approximate surface area is 116 Å². The van der Waals surface area contributed by atoms with Gasteiger partial charge in [-0.25, -0.2) is 4.68 Å². The Morgan fingerprint density at radius 3 is 2.75 bits per heavy atom. The van der Waals surface area contributed by atoms with Crippen molar-refractivity contribution in [3.63, 3.8) is 0 Å². The molecule has 5 nitrogen and oxygen atoms in total. The Kier molecular flexibility index (Phi) is 2.89. The summed E-state index contributed by atoms with van der Waals surface area (Å²) in [6, 6.07) is 10.8. The smallest absolute Gasteiger partial charge is 0.278 e. The number of aromatic nitrogens is 2. The Morgan fingerprint density at radius 2 is 2.00 bits per heavy atom. The van der Waals surface area contributed by atoms with Gasteiger partial charge in [0.05, 0.1) is 0 Å². The highest BCUT2D eigenvalue weighted by Gasteiger charge is 2.31. The molecule has 0 bridgehead atoms. The zero-order valence-electron chi connectivity index (χ0n) is 11.4. The molecule has 0 unspecified atom stereocenters. The Morgan fingerprint density at radius 1 is 1.25 bits per heavy atom. The molecule has 0 saturated carbocycles. The van der Waals surface area contributed by atoms with E-state index in [0.29, 0.717) is 0 Å². The number of nitrogens with zero attached hydrogens (tertiary/aromatic N) is 3. The van der Waals surface area contributed by atoms with Crippen LogP contribution in [0.25, 0.3) is 0 Å². The van der Waals surface area contributed by atoms with Crippen LogP contribution >= 0.6 is 0 Å². The number of amides is 1. The number of para-hydroxylation sites is 1. The summed E-state index contributed by atoms with van der Waals surface area (Å²) in [6.45, 7) is 2.01. The second kappa shape index (κ2) is 4.59. The Hall–Kier alpha value is -2.43. The van der Waals surface area contributed by atoms with Crippen LogP contribution in [0.2, 0.25) is 0 Å². The molecule has 3 rings (SSSR count). The number of benzene rings is 1. The lowest BCUT2D eigenvalue weighted by atomic mass is 10.1. The van der Waals surface area contributed by atoms with Crippen molar-refractivity contribution in [3.8, 4) is 0 Å². The van der Waals surface area contributed by atoms with Gasteiger partial charge in [-0.3, -0.25) is 9.59 Å². The summed E-state index contributed by atoms with van der Waals surface area (Å²) in [5.74, 6) is -0.168. The van der Waals surface area contributed by atoms with E-state index in [0.717, 1.165) is 17.7 Å². The van der Waals surface area contributed by atoms with E-state index in [2.05, 4.69) is 5.10 Å². The van der Waals surface area contributed by atoms with Gasteiger partial charge in [0, 0.05) is 24.8 Å². The summed E-state index contributed by atoms with van der Waals surface area (Å²) in [6.07, 6.45) is 0.841. The predicted molar refractivity (Wildman–Crippen MR) is 75.9 cm³/mol. The summed E-state index contributed by atoms with van der Waals surface area (Å²) < 4.78 is 1.18. The quantitative estimate of drug-likeness (QED) is 0.785. The van der Waals surface area contributed by atoms with Gasteiger partial charge in [0.15, 0.2) is 0 Å². The maximum absolute atomic E-state index is 12.6. The number of carbonyl (C=O) groups excluding carboxylic acids is 1. The monoisotopic (exact) mass is 269 g/mol. The SMILES string of the molecule is C[C@@H]1Cc2ccccc2N1C(=O)c1ccc(=O)n(C)n1. The summed E-state index contributed by atoms with van der Waals surface area (Å²) in [5.41, 5.74) is 2.16. The average Bonchev–Trinajstić information content (AvgIpc) is 2.77. The van der Waals surface area contributed by atoms with Gasteiger partial charge in [0.1, 0.15) is 5.69 Å². The van der Waals surface area contributed by atoms with Crippen LogP contribution in [0.3, 0.4) is 0 Å². The number of hydrogen-bond acceptors (Lipinski definition) is 3. The maximum atomic E-state index is 12.6. The first-order valence-electron chi connectivity index (χ1n) is 6.54. The fraction of sp³-hybridized carbons (Fsp3) is 0.267. The predicted octanol–water partition coefficient (Wildman–Crippen LogP) is 1.37. The summed E-state index contributed by atoms with van der Waals surface area (Å²) in [4.78, 5) is 25.7. The molecule has 2 heterocycles. The van der Waals surface area contributed by atoms with E-state index >= 15 is 0 Å². The van der Waals surface area contributed by atoms with Crippen molar-refractivity contribution < 1.29 is 4.79 Å². The van der Waals surface area contributed by atoms with Crippen LogP contribution in [-0.2, 0) is 13.5 Å². The number of rotatable bonds is 1. The zero-order chi connectivity index (χ0) is 14.3. The number of hydrogen-bond donors (Lipinski definition) is 0. The van der Waals surface area contributed by atoms with Crippen molar-refractivity contribution >= 4 is 11.6 Å². The van der Waals surface area contributed by atoms with Gasteiger partial charge in [-0.15, -0.1) is 0 Å². The van der Waals surface area contributed by atoms with Crippen molar-refractivity contribution in [1.82, 2.24) is 9.78 Å². The highest BCUT2D eigenvalue weighted by atomic mass is 16.2. The summed E-state index contributed by atoms with van der Waals surface area (Å²) >= 11 is 0. The molecule has 0 saturated heterocycles. The van der Waals surface area contributed by atoms with Crippen LogP contribution in [-0.4, -0.2) is 21.7 Å². The molecule has 1 aliphatic rings. The third-order valence-corrected chi connectivity index (χ3v) is 3.61. The Balaban J connectivity index is 2.02. The molecule has 0 N–H and O–H groups in total. The minimum absolute atomic E-state index is 0.0962. The van der Waals surface area contributed by atoms with Gasteiger partial charge >= 0.3 is 0 Å². The number of fused-ring (bicyclic) bond motifs is 1. The molecule has 0 aliphatic carbocycles. The van der Waals surface area contributed by atoms with Gasteiger partial charge in [-0.2, -0.15) is 5.10 Å². The summed E-state index contributed by atoms with van der Waals surface area (Å²) in [5, 5.41) is 4.04. The molecule has 1 aliphatic heterocycles. The lowest BCUT2D eigenvalue weighted by Gasteiger charge is -2.22. The molecular formula is C15H15N3O2. The van der Waals surface area contributed by atoms with Crippen LogP contribution in [0.4, 0.5) is 5.69 Å². The average molecular weight is 269 g/mol. The summed E-state index contributed by atoms with van der Waals surface area (Å²) in [7, 11) is 1.54. The van der Waals surface area contributed by atoms with Gasteiger partial charge in [0.2, 0.25) is 0 Å². The van der Waals surface area contributed by atoms with E-state index in [-0.39, 0.29) is 23.2 Å².